The van der Waals surface area contributed by atoms with Crippen LogP contribution >= 0.6 is 11.6 Å². The van der Waals surface area contributed by atoms with Crippen LogP contribution in [0.15, 0.2) is 54.3 Å². The van der Waals surface area contributed by atoms with Gasteiger partial charge < -0.3 is 34.6 Å². The molecule has 1 aromatic rings. The summed E-state index contributed by atoms with van der Waals surface area (Å²) in [5.74, 6) is 1.24. The zero-order valence-electron chi connectivity index (χ0n) is 21.1. The Morgan fingerprint density at radius 3 is 2.53 bits per heavy atom. The first-order valence-corrected chi connectivity index (χ1v) is 12.8. The molecule has 0 spiro atoms. The highest BCUT2D eigenvalue weighted by Crippen LogP contribution is 2.38. The van der Waals surface area contributed by atoms with Gasteiger partial charge in [-0.25, -0.2) is 4.79 Å². The Hall–Kier alpha value is -3.26. The molecule has 192 valence electrons. The maximum absolute atomic E-state index is 12.6. The summed E-state index contributed by atoms with van der Waals surface area (Å²) in [5.41, 5.74) is 3.79. The van der Waals surface area contributed by atoms with Gasteiger partial charge >= 0.3 is 6.09 Å². The van der Waals surface area contributed by atoms with Gasteiger partial charge in [0.25, 0.3) is 0 Å². The Balaban J connectivity index is 1.25. The first kappa shape index (κ1) is 24.4. The van der Waals surface area contributed by atoms with Crippen LogP contribution in [0.1, 0.15) is 45.1 Å². The number of methoxy groups -OCH3 is 2. The second-order valence-electron chi connectivity index (χ2n) is 9.80. The van der Waals surface area contributed by atoms with Gasteiger partial charge in [0, 0.05) is 54.1 Å². The molecule has 1 amide bonds. The number of amides is 1. The molecule has 2 N–H and O–H groups in total. The van der Waals surface area contributed by atoms with E-state index >= 15 is 0 Å². The zero-order chi connectivity index (χ0) is 25.4. The van der Waals surface area contributed by atoms with E-state index in [-0.39, 0.29) is 24.3 Å². The number of carbonyl (C=O) groups excluding carboxylic acids is 1. The smallest absolute Gasteiger partial charge is 0.410 e. The molecule has 5 rings (SSSR count). The third kappa shape index (κ3) is 4.74. The normalized spacial score (nSPS) is 24.4. The Bertz CT molecular complexity index is 1140. The first-order valence-electron chi connectivity index (χ1n) is 12.4. The maximum Gasteiger partial charge on any atom is 0.410 e. The van der Waals surface area contributed by atoms with Crippen molar-refractivity contribution in [1.29, 1.82) is 0 Å². The number of hydrogen-bond donors (Lipinski definition) is 2. The van der Waals surface area contributed by atoms with Crippen LogP contribution in [0.25, 0.3) is 5.70 Å². The van der Waals surface area contributed by atoms with Crippen molar-refractivity contribution >= 4 is 23.4 Å². The number of fused-ring (bicyclic) bond motifs is 3. The van der Waals surface area contributed by atoms with E-state index in [1.54, 1.807) is 20.3 Å². The molecule has 2 fully saturated rings. The molecule has 4 aliphatic heterocycles. The minimum atomic E-state index is -0.167. The summed E-state index contributed by atoms with van der Waals surface area (Å²) in [5, 5.41) is 7.59. The Labute approximate surface area is 217 Å². The van der Waals surface area contributed by atoms with Crippen LogP contribution in [0.2, 0.25) is 5.02 Å². The van der Waals surface area contributed by atoms with E-state index in [0.717, 1.165) is 48.3 Å². The predicted octanol–water partition coefficient (Wildman–Crippen LogP) is 4.94. The number of nitrogens with one attached hydrogen (secondary N) is 2. The third-order valence-electron chi connectivity index (χ3n) is 7.08. The van der Waals surface area contributed by atoms with Gasteiger partial charge in [-0.2, -0.15) is 0 Å². The fourth-order valence-corrected chi connectivity index (χ4v) is 5.73. The summed E-state index contributed by atoms with van der Waals surface area (Å²) in [6, 6.07) is 4.43. The molecule has 4 heterocycles. The van der Waals surface area contributed by atoms with Crippen molar-refractivity contribution < 1.29 is 19.0 Å². The molecule has 9 heteroatoms. The summed E-state index contributed by atoms with van der Waals surface area (Å²) in [6.07, 6.45) is 13.9. The number of halogens is 1. The van der Waals surface area contributed by atoms with Gasteiger partial charge in [-0.3, -0.25) is 0 Å². The Morgan fingerprint density at radius 1 is 1.14 bits per heavy atom. The fourth-order valence-electron chi connectivity index (χ4n) is 5.49. The summed E-state index contributed by atoms with van der Waals surface area (Å²) >= 11 is 6.38. The molecule has 2 bridgehead atoms. The summed E-state index contributed by atoms with van der Waals surface area (Å²) in [7, 11) is 3.21. The van der Waals surface area contributed by atoms with Crippen LogP contribution in [-0.4, -0.2) is 54.3 Å². The van der Waals surface area contributed by atoms with Gasteiger partial charge in [0.2, 0.25) is 0 Å². The topological polar surface area (TPSA) is 75.3 Å². The lowest BCUT2D eigenvalue weighted by atomic mass is 9.97. The van der Waals surface area contributed by atoms with E-state index in [4.69, 9.17) is 25.8 Å². The molecule has 0 unspecified atom stereocenters. The number of carbonyl (C=O) groups is 1. The van der Waals surface area contributed by atoms with Crippen LogP contribution in [-0.2, 0) is 4.74 Å². The molecule has 3 atom stereocenters. The second kappa shape index (κ2) is 10.0. The maximum atomic E-state index is 12.6. The number of piperidine rings is 1. The molecule has 8 nitrogen and oxygen atoms in total. The minimum Gasteiger partial charge on any atom is -0.496 e. The van der Waals surface area contributed by atoms with Gasteiger partial charge in [0.05, 0.1) is 36.7 Å². The SMILES string of the molecule is COc1cc(OC)c(C2=CN3C=CC(N[C@H]4C[C@H]5CC[C@@H](C4)N5C(=O)OC(C)C)=CC3=CN2)cc1Cl. The van der Waals surface area contributed by atoms with Crippen LogP contribution in [0, 0.1) is 0 Å². The van der Waals surface area contributed by atoms with Gasteiger partial charge in [-0.05, 0) is 57.7 Å². The highest BCUT2D eigenvalue weighted by Gasteiger charge is 2.44. The van der Waals surface area contributed by atoms with Crippen LogP contribution < -0.4 is 20.1 Å². The van der Waals surface area contributed by atoms with Crippen molar-refractivity contribution in [3.8, 4) is 11.5 Å². The van der Waals surface area contributed by atoms with Gasteiger partial charge in [-0.15, -0.1) is 0 Å². The van der Waals surface area contributed by atoms with E-state index < -0.39 is 0 Å². The monoisotopic (exact) mass is 512 g/mol. The number of rotatable bonds is 6. The highest BCUT2D eigenvalue weighted by molar-refractivity contribution is 6.32. The first-order chi connectivity index (χ1) is 17.4. The zero-order valence-corrected chi connectivity index (χ0v) is 21.8. The molecule has 0 aromatic heterocycles. The van der Waals surface area contributed by atoms with Crippen molar-refractivity contribution in [2.24, 2.45) is 0 Å². The standard InChI is InChI=1S/C27H33ClN4O4/c1-16(2)36-27(33)32-19-5-6-20(32)11-18(10-19)30-17-7-8-31-15-24(29-14-21(31)9-17)22-12-23(28)26(35-4)13-25(22)34-3/h7-9,12-16,18-20,29-30H,5-6,10-11H2,1-4H3/t18-,19+,20-. The average molecular weight is 513 g/mol. The number of ether oxygens (including phenoxy) is 3. The quantitative estimate of drug-likeness (QED) is 0.559. The van der Waals surface area contributed by atoms with E-state index in [0.29, 0.717) is 22.6 Å². The number of nitrogens with zero attached hydrogens (tertiary/aromatic N) is 2. The summed E-state index contributed by atoms with van der Waals surface area (Å²) < 4.78 is 16.4. The number of allylic oxidation sites excluding steroid dienone is 2. The largest absolute Gasteiger partial charge is 0.496 e. The lowest BCUT2D eigenvalue weighted by molar-refractivity contribution is 0.0453. The van der Waals surface area contributed by atoms with Crippen LogP contribution in [0.5, 0.6) is 11.5 Å². The summed E-state index contributed by atoms with van der Waals surface area (Å²) in [4.78, 5) is 16.6. The minimum absolute atomic E-state index is 0.0945. The van der Waals surface area contributed by atoms with E-state index in [2.05, 4.69) is 27.7 Å². The second-order valence-corrected chi connectivity index (χ2v) is 10.2. The molecular weight excluding hydrogens is 480 g/mol. The van der Waals surface area contributed by atoms with E-state index in [1.165, 1.54) is 0 Å². The van der Waals surface area contributed by atoms with Crippen LogP contribution in [0.4, 0.5) is 4.79 Å². The van der Waals surface area contributed by atoms with Gasteiger partial charge in [-0.1, -0.05) is 11.6 Å². The summed E-state index contributed by atoms with van der Waals surface area (Å²) in [6.45, 7) is 3.80. The van der Waals surface area contributed by atoms with Crippen molar-refractivity contribution in [3.05, 3.63) is 64.9 Å². The molecule has 0 aliphatic carbocycles. The third-order valence-corrected chi connectivity index (χ3v) is 7.37. The van der Waals surface area contributed by atoms with Crippen molar-refractivity contribution in [2.75, 3.05) is 14.2 Å². The molecule has 0 radical (unpaired) electrons. The lowest BCUT2D eigenvalue weighted by Crippen LogP contribution is -2.51. The predicted molar refractivity (Wildman–Crippen MR) is 139 cm³/mol. The molecule has 1 aromatic carbocycles. The lowest BCUT2D eigenvalue weighted by Gasteiger charge is -2.39. The van der Waals surface area contributed by atoms with E-state index in [9.17, 15) is 4.79 Å². The Kier molecular flexibility index (Phi) is 6.79. The van der Waals surface area contributed by atoms with Gasteiger partial charge in [0.15, 0.2) is 0 Å². The van der Waals surface area contributed by atoms with Crippen molar-refractivity contribution in [2.45, 2.75) is 63.8 Å². The molecular formula is C27H33ClN4O4. The molecule has 4 aliphatic rings. The molecule has 0 saturated carbocycles. The Morgan fingerprint density at radius 2 is 1.86 bits per heavy atom. The highest BCUT2D eigenvalue weighted by atomic mass is 35.5. The van der Waals surface area contributed by atoms with Gasteiger partial charge in [0.1, 0.15) is 11.5 Å². The number of benzene rings is 1. The van der Waals surface area contributed by atoms with Crippen molar-refractivity contribution in [3.63, 3.8) is 0 Å². The molecule has 2 saturated heterocycles. The average Bonchev–Trinajstić information content (AvgIpc) is 3.13. The fraction of sp³-hybridized carbons (Fsp3) is 0.444. The van der Waals surface area contributed by atoms with E-state index in [1.807, 2.05) is 43.4 Å². The van der Waals surface area contributed by atoms with Crippen molar-refractivity contribution in [1.82, 2.24) is 20.4 Å². The molecule has 36 heavy (non-hydrogen) atoms. The number of hydrogen-bond acceptors (Lipinski definition) is 7. The van der Waals surface area contributed by atoms with Crippen LogP contribution in [0.3, 0.4) is 0 Å².